The van der Waals surface area contributed by atoms with Gasteiger partial charge in [0.05, 0.1) is 0 Å². The summed E-state index contributed by atoms with van der Waals surface area (Å²) in [6, 6.07) is 0. The molecule has 0 bridgehead atoms. The second kappa shape index (κ2) is 2.88. The van der Waals surface area contributed by atoms with E-state index in [4.69, 9.17) is 0 Å². The molecule has 10 heavy (non-hydrogen) atoms. The maximum Gasteiger partial charge on any atom is 0.232 e. The van der Waals surface area contributed by atoms with Gasteiger partial charge < -0.3 is 0 Å². The largest absolute Gasteiger partial charge is 0.276 e. The average molecular weight is 203 g/mol. The Labute approximate surface area is 67.7 Å². The quantitative estimate of drug-likeness (QED) is 0.469. The number of halogens is 1. The molecule has 0 saturated heterocycles. The Morgan fingerprint density at radius 2 is 2.40 bits per heavy atom. The Bertz CT molecular complexity index is 200. The molecular weight excluding hydrogens is 196 g/mol. The highest BCUT2D eigenvalue weighted by Crippen LogP contribution is 2.15. The van der Waals surface area contributed by atoms with E-state index in [2.05, 4.69) is 15.9 Å². The van der Waals surface area contributed by atoms with Crippen LogP contribution in [0, 0.1) is 0 Å². The number of hydrogen-bond donors (Lipinski definition) is 0. The molecule has 0 aromatic heterocycles. The van der Waals surface area contributed by atoms with Crippen molar-refractivity contribution in [2.75, 3.05) is 7.05 Å². The van der Waals surface area contributed by atoms with Crippen molar-refractivity contribution in [3.05, 3.63) is 23.0 Å². The zero-order valence-electron chi connectivity index (χ0n) is 5.49. The van der Waals surface area contributed by atoms with E-state index in [1.807, 2.05) is 6.08 Å². The van der Waals surface area contributed by atoms with E-state index in [9.17, 15) is 4.79 Å². The van der Waals surface area contributed by atoms with Gasteiger partial charge in [-0.25, -0.2) is 5.01 Å². The summed E-state index contributed by atoms with van der Waals surface area (Å²) in [5.74, 6) is 0. The number of allylic oxidation sites excluding steroid dienone is 2. The highest BCUT2D eigenvalue weighted by Gasteiger charge is 2.08. The predicted octanol–water partition coefficient (Wildman–Crippen LogP) is 1.06. The van der Waals surface area contributed by atoms with Gasteiger partial charge >= 0.3 is 0 Å². The van der Waals surface area contributed by atoms with Crippen LogP contribution in [0.3, 0.4) is 0 Å². The van der Waals surface area contributed by atoms with E-state index in [-0.39, 0.29) is 0 Å². The fraction of sp³-hybridized carbons (Fsp3) is 0.167. The maximum atomic E-state index is 10.3. The minimum atomic E-state index is 0.741. The minimum absolute atomic E-state index is 0.741. The molecule has 1 rings (SSSR count). The van der Waals surface area contributed by atoms with Crippen molar-refractivity contribution >= 4 is 22.3 Å². The van der Waals surface area contributed by atoms with E-state index in [1.165, 1.54) is 5.01 Å². The summed E-state index contributed by atoms with van der Waals surface area (Å²) in [6.07, 6.45) is 6.07. The molecule has 0 saturated carbocycles. The molecule has 4 heteroatoms. The van der Waals surface area contributed by atoms with Crippen LogP contribution in [-0.4, -0.2) is 23.5 Å². The van der Waals surface area contributed by atoms with Crippen LogP contribution in [0.25, 0.3) is 0 Å². The third kappa shape index (κ3) is 1.21. The molecule has 3 nitrogen and oxygen atoms in total. The molecule has 54 valence electrons. The third-order valence-corrected chi connectivity index (χ3v) is 2.01. The summed E-state index contributed by atoms with van der Waals surface area (Å²) in [4.78, 5) is 10.3. The van der Waals surface area contributed by atoms with Gasteiger partial charge in [-0.15, -0.1) is 0 Å². The summed E-state index contributed by atoms with van der Waals surface area (Å²) in [6.45, 7) is 0. The van der Waals surface area contributed by atoms with Crippen LogP contribution in [0.15, 0.2) is 23.0 Å². The lowest BCUT2D eigenvalue weighted by molar-refractivity contribution is -0.124. The summed E-state index contributed by atoms with van der Waals surface area (Å²) in [5, 5.41) is 3.12. The molecule has 1 heterocycles. The zero-order chi connectivity index (χ0) is 7.56. The number of hydrogen-bond acceptors (Lipinski definition) is 2. The maximum absolute atomic E-state index is 10.3. The lowest BCUT2D eigenvalue weighted by Crippen LogP contribution is -2.33. The highest BCUT2D eigenvalue weighted by atomic mass is 79.9. The first-order valence-corrected chi connectivity index (χ1v) is 3.56. The molecule has 0 spiro atoms. The van der Waals surface area contributed by atoms with Crippen LogP contribution in [-0.2, 0) is 4.79 Å². The molecule has 0 N–H and O–H groups in total. The molecule has 0 unspecified atom stereocenters. The van der Waals surface area contributed by atoms with Crippen LogP contribution in [0.5, 0.6) is 0 Å². The second-order valence-corrected chi connectivity index (χ2v) is 2.65. The number of nitrogens with zero attached hydrogens (tertiary/aromatic N) is 2. The third-order valence-electron chi connectivity index (χ3n) is 1.24. The van der Waals surface area contributed by atoms with Crippen LogP contribution in [0.4, 0.5) is 0 Å². The van der Waals surface area contributed by atoms with Crippen molar-refractivity contribution in [3.8, 4) is 0 Å². The summed E-state index contributed by atoms with van der Waals surface area (Å²) < 4.78 is 0.863. The fourth-order valence-electron chi connectivity index (χ4n) is 0.635. The van der Waals surface area contributed by atoms with Crippen molar-refractivity contribution in [3.63, 3.8) is 0 Å². The van der Waals surface area contributed by atoms with E-state index in [1.54, 1.807) is 24.3 Å². The van der Waals surface area contributed by atoms with Gasteiger partial charge in [-0.05, 0) is 28.1 Å². The number of carbonyl (C=O) groups excluding carboxylic acids is 1. The molecule has 0 aromatic carbocycles. The van der Waals surface area contributed by atoms with Crippen LogP contribution < -0.4 is 0 Å². The van der Waals surface area contributed by atoms with E-state index >= 15 is 0 Å². The Kier molecular flexibility index (Phi) is 2.11. The van der Waals surface area contributed by atoms with Gasteiger partial charge in [0, 0.05) is 13.2 Å². The van der Waals surface area contributed by atoms with Crippen molar-refractivity contribution in [1.82, 2.24) is 10.0 Å². The van der Waals surface area contributed by atoms with E-state index < -0.39 is 0 Å². The first-order chi connectivity index (χ1) is 4.75. The summed E-state index contributed by atoms with van der Waals surface area (Å²) >= 11 is 3.27. The standard InChI is InChI=1S/C6H7BrN2O/c1-8-6(7)3-2-4-9(8)5-10/h2-5H,1H3. The molecule has 1 aliphatic rings. The van der Waals surface area contributed by atoms with Gasteiger partial charge in [-0.2, -0.15) is 0 Å². The van der Waals surface area contributed by atoms with Gasteiger partial charge in [0.2, 0.25) is 6.41 Å². The molecular formula is C6H7BrN2O. The number of carbonyl (C=O) groups is 1. The highest BCUT2D eigenvalue weighted by molar-refractivity contribution is 9.11. The number of amides is 1. The number of rotatable bonds is 1. The Balaban J connectivity index is 2.77. The van der Waals surface area contributed by atoms with Gasteiger partial charge in [-0.1, -0.05) is 0 Å². The smallest absolute Gasteiger partial charge is 0.232 e. The van der Waals surface area contributed by atoms with Crippen molar-refractivity contribution in [1.29, 1.82) is 0 Å². The molecule has 1 amide bonds. The summed E-state index contributed by atoms with van der Waals surface area (Å²) in [5.41, 5.74) is 0. The van der Waals surface area contributed by atoms with Crippen LogP contribution in [0.2, 0.25) is 0 Å². The van der Waals surface area contributed by atoms with Crippen molar-refractivity contribution in [2.45, 2.75) is 0 Å². The molecule has 1 aliphatic heterocycles. The zero-order valence-corrected chi connectivity index (χ0v) is 7.08. The van der Waals surface area contributed by atoms with Crippen molar-refractivity contribution in [2.24, 2.45) is 0 Å². The van der Waals surface area contributed by atoms with Crippen LogP contribution in [0.1, 0.15) is 0 Å². The fourth-order valence-corrected chi connectivity index (χ4v) is 0.970. The first kappa shape index (κ1) is 7.34. The van der Waals surface area contributed by atoms with Crippen LogP contribution >= 0.6 is 15.9 Å². The number of hydrazine groups is 1. The minimum Gasteiger partial charge on any atom is -0.276 e. The molecule has 0 fully saturated rings. The second-order valence-electron chi connectivity index (χ2n) is 1.84. The molecule has 0 radical (unpaired) electrons. The monoisotopic (exact) mass is 202 g/mol. The van der Waals surface area contributed by atoms with Gasteiger partial charge in [0.15, 0.2) is 0 Å². The Morgan fingerprint density at radius 1 is 1.70 bits per heavy atom. The lowest BCUT2D eigenvalue weighted by Gasteiger charge is -2.28. The van der Waals surface area contributed by atoms with E-state index in [0.29, 0.717) is 0 Å². The van der Waals surface area contributed by atoms with Gasteiger partial charge in [0.1, 0.15) is 4.61 Å². The molecule has 0 atom stereocenters. The Hall–Kier alpha value is -0.770. The van der Waals surface area contributed by atoms with Gasteiger partial charge in [0.25, 0.3) is 0 Å². The van der Waals surface area contributed by atoms with E-state index in [0.717, 1.165) is 11.0 Å². The molecule has 0 aliphatic carbocycles. The SMILES string of the molecule is CN1C(Br)=CC=CN1C=O. The lowest BCUT2D eigenvalue weighted by atomic mass is 10.5. The first-order valence-electron chi connectivity index (χ1n) is 2.77. The average Bonchev–Trinajstić information content (AvgIpc) is 1.95. The molecule has 0 aromatic rings. The normalized spacial score (nSPS) is 17.2. The topological polar surface area (TPSA) is 23.6 Å². The van der Waals surface area contributed by atoms with Gasteiger partial charge in [-0.3, -0.25) is 9.80 Å². The van der Waals surface area contributed by atoms with Crippen molar-refractivity contribution < 1.29 is 4.79 Å². The predicted molar refractivity (Wildman–Crippen MR) is 41.8 cm³/mol. The summed E-state index contributed by atoms with van der Waals surface area (Å²) in [7, 11) is 1.79. The Morgan fingerprint density at radius 3 is 2.90 bits per heavy atom.